The van der Waals surface area contributed by atoms with Crippen molar-refractivity contribution >= 4 is 16.9 Å². The highest BCUT2D eigenvalue weighted by Gasteiger charge is 2.22. The second-order valence-corrected chi connectivity index (χ2v) is 6.43. The van der Waals surface area contributed by atoms with Crippen LogP contribution in [-0.4, -0.2) is 21.3 Å². The predicted molar refractivity (Wildman–Crippen MR) is 90.4 cm³/mol. The Bertz CT molecular complexity index is 728. The lowest BCUT2D eigenvalue weighted by atomic mass is 10.0. The quantitative estimate of drug-likeness (QED) is 0.821. The minimum atomic E-state index is 0.789. The normalized spacial score (nSPS) is 13.3. The molecule has 0 bridgehead atoms. The molecule has 0 amide bonds. The Kier molecular flexibility index (Phi) is 4.12. The number of methoxy groups -OCH3 is 3. The van der Waals surface area contributed by atoms with Crippen molar-refractivity contribution in [1.82, 2.24) is 0 Å². The maximum atomic E-state index is 5.45. The molecule has 1 aromatic carbocycles. The molecular formula is C18H20O3S. The third kappa shape index (κ3) is 2.59. The molecule has 0 unspecified atom stereocenters. The number of fused-ring (bicyclic) bond motifs is 1. The molecule has 2 aromatic rings. The van der Waals surface area contributed by atoms with Crippen LogP contribution in [0, 0.1) is 0 Å². The van der Waals surface area contributed by atoms with Crippen molar-refractivity contribution in [2.75, 3.05) is 21.3 Å². The largest absolute Gasteiger partial charge is 0.496 e. The summed E-state index contributed by atoms with van der Waals surface area (Å²) in [5.74, 6) is 2.52. The summed E-state index contributed by atoms with van der Waals surface area (Å²) in [6, 6.07) is 6.31. The fraction of sp³-hybridized carbons (Fsp3) is 0.333. The molecule has 1 aliphatic carbocycles. The van der Waals surface area contributed by atoms with Gasteiger partial charge in [-0.3, -0.25) is 0 Å². The highest BCUT2D eigenvalue weighted by molar-refractivity contribution is 7.10. The molecule has 0 N–H and O–H groups in total. The van der Waals surface area contributed by atoms with E-state index in [4.69, 9.17) is 14.2 Å². The van der Waals surface area contributed by atoms with E-state index in [2.05, 4.69) is 30.5 Å². The average molecular weight is 316 g/mol. The summed E-state index contributed by atoms with van der Waals surface area (Å²) >= 11 is 1.74. The van der Waals surface area contributed by atoms with Crippen molar-refractivity contribution in [2.45, 2.75) is 19.8 Å². The molecule has 0 spiro atoms. The summed E-state index contributed by atoms with van der Waals surface area (Å²) in [5, 5.41) is 2.05. The number of rotatable bonds is 5. The van der Waals surface area contributed by atoms with Crippen molar-refractivity contribution in [3.8, 4) is 17.2 Å². The van der Waals surface area contributed by atoms with Gasteiger partial charge in [-0.25, -0.2) is 0 Å². The first-order valence-corrected chi connectivity index (χ1v) is 8.09. The van der Waals surface area contributed by atoms with Crippen LogP contribution in [0.3, 0.4) is 0 Å². The first-order valence-electron chi connectivity index (χ1n) is 7.21. The van der Waals surface area contributed by atoms with Gasteiger partial charge < -0.3 is 14.2 Å². The number of thiophene rings is 1. The second kappa shape index (κ2) is 6.05. The minimum absolute atomic E-state index is 0.789. The van der Waals surface area contributed by atoms with Crippen molar-refractivity contribution in [1.29, 1.82) is 0 Å². The Balaban J connectivity index is 1.95. The molecule has 1 heterocycles. The summed E-state index contributed by atoms with van der Waals surface area (Å²) in [7, 11) is 5.07. The zero-order chi connectivity index (χ0) is 15.7. The zero-order valence-electron chi connectivity index (χ0n) is 13.4. The van der Waals surface area contributed by atoms with Crippen LogP contribution in [0.2, 0.25) is 0 Å². The van der Waals surface area contributed by atoms with Gasteiger partial charge in [0.2, 0.25) is 0 Å². The number of hydrogen-bond acceptors (Lipinski definition) is 4. The Labute approximate surface area is 135 Å². The smallest absolute Gasteiger partial charge is 0.161 e. The molecule has 116 valence electrons. The predicted octanol–water partition coefficient (Wildman–Crippen LogP) is 4.35. The highest BCUT2D eigenvalue weighted by Crippen LogP contribution is 2.42. The molecule has 1 aromatic heterocycles. The lowest BCUT2D eigenvalue weighted by Gasteiger charge is -2.12. The van der Waals surface area contributed by atoms with E-state index in [-0.39, 0.29) is 0 Å². The molecule has 1 aliphatic rings. The molecule has 0 radical (unpaired) electrons. The lowest BCUT2D eigenvalue weighted by molar-refractivity contribution is 0.354. The summed E-state index contributed by atoms with van der Waals surface area (Å²) < 4.78 is 16.1. The van der Waals surface area contributed by atoms with Crippen LogP contribution in [0.4, 0.5) is 0 Å². The topological polar surface area (TPSA) is 27.7 Å². The average Bonchev–Trinajstić information content (AvgIpc) is 3.11. The maximum absolute atomic E-state index is 5.45. The summed E-state index contributed by atoms with van der Waals surface area (Å²) in [4.78, 5) is 1.31. The molecule has 3 rings (SSSR count). The van der Waals surface area contributed by atoms with E-state index < -0.39 is 0 Å². The third-order valence-electron chi connectivity index (χ3n) is 4.12. The van der Waals surface area contributed by atoms with Crippen LogP contribution < -0.4 is 14.2 Å². The number of hydrogen-bond donors (Lipinski definition) is 0. The van der Waals surface area contributed by atoms with Crippen LogP contribution >= 0.6 is 11.3 Å². The second-order valence-electron chi connectivity index (χ2n) is 5.43. The first-order chi connectivity index (χ1) is 10.7. The molecule has 22 heavy (non-hydrogen) atoms. The van der Waals surface area contributed by atoms with Gasteiger partial charge in [-0.15, -0.1) is 11.3 Å². The van der Waals surface area contributed by atoms with E-state index in [0.717, 1.165) is 30.1 Å². The molecular weight excluding hydrogens is 296 g/mol. The Morgan fingerprint density at radius 2 is 1.73 bits per heavy atom. The maximum Gasteiger partial charge on any atom is 0.161 e. The Morgan fingerprint density at radius 1 is 1.00 bits per heavy atom. The molecule has 0 atom stereocenters. The number of allylic oxidation sites excluding steroid dienone is 2. The Hall–Kier alpha value is -1.94. The molecule has 0 saturated heterocycles. The van der Waals surface area contributed by atoms with Gasteiger partial charge in [-0.1, -0.05) is 5.57 Å². The van der Waals surface area contributed by atoms with Crippen molar-refractivity contribution in [3.63, 3.8) is 0 Å². The van der Waals surface area contributed by atoms with Gasteiger partial charge in [0.1, 0.15) is 5.75 Å². The van der Waals surface area contributed by atoms with Gasteiger partial charge in [0.05, 0.1) is 21.3 Å². The summed E-state index contributed by atoms with van der Waals surface area (Å²) in [6.07, 6.45) is 1.91. The van der Waals surface area contributed by atoms with Crippen molar-refractivity contribution in [3.05, 3.63) is 45.2 Å². The van der Waals surface area contributed by atoms with Gasteiger partial charge in [0.25, 0.3) is 0 Å². The van der Waals surface area contributed by atoms with E-state index in [0.29, 0.717) is 0 Å². The number of ether oxygens (including phenoxy) is 3. The monoisotopic (exact) mass is 316 g/mol. The molecule has 0 aliphatic heterocycles. The molecule has 0 fully saturated rings. The fourth-order valence-electron chi connectivity index (χ4n) is 2.95. The summed E-state index contributed by atoms with van der Waals surface area (Å²) in [6.45, 7) is 2.21. The molecule has 3 nitrogen and oxygen atoms in total. The fourth-order valence-corrected chi connectivity index (χ4v) is 3.79. The van der Waals surface area contributed by atoms with Gasteiger partial charge in [0, 0.05) is 16.7 Å². The van der Waals surface area contributed by atoms with Crippen LogP contribution in [0.25, 0.3) is 5.57 Å². The highest BCUT2D eigenvalue weighted by atomic mass is 32.1. The van der Waals surface area contributed by atoms with Crippen LogP contribution in [0.15, 0.2) is 29.2 Å². The summed E-state index contributed by atoms with van der Waals surface area (Å²) in [5.41, 5.74) is 5.40. The Morgan fingerprint density at radius 3 is 2.36 bits per heavy atom. The van der Waals surface area contributed by atoms with Crippen LogP contribution in [0.1, 0.15) is 22.9 Å². The van der Waals surface area contributed by atoms with Gasteiger partial charge in [0.15, 0.2) is 11.5 Å². The molecule has 4 heteroatoms. The van der Waals surface area contributed by atoms with Crippen LogP contribution in [-0.2, 0) is 12.8 Å². The van der Waals surface area contributed by atoms with E-state index in [9.17, 15) is 0 Å². The van der Waals surface area contributed by atoms with Crippen molar-refractivity contribution < 1.29 is 14.2 Å². The zero-order valence-corrected chi connectivity index (χ0v) is 14.2. The first kappa shape index (κ1) is 15.0. The van der Waals surface area contributed by atoms with E-state index >= 15 is 0 Å². The standard InChI is InChI=1S/C18H20O3S/c1-11-5-12-6-17(20-3)18(21-4)9-16(12)15(11)8-14-7-13(19-2)10-22-14/h6-7,9-10H,5,8H2,1-4H3. The minimum Gasteiger partial charge on any atom is -0.496 e. The van der Waals surface area contributed by atoms with E-state index in [1.165, 1.54) is 27.2 Å². The van der Waals surface area contributed by atoms with Gasteiger partial charge in [-0.2, -0.15) is 0 Å². The lowest BCUT2D eigenvalue weighted by Crippen LogP contribution is -1.95. The third-order valence-corrected chi connectivity index (χ3v) is 5.04. The van der Waals surface area contributed by atoms with E-state index in [1.54, 1.807) is 32.7 Å². The SMILES string of the molecule is COc1csc(CC2=C(C)Cc3cc(OC)c(OC)cc32)c1. The molecule has 0 saturated carbocycles. The van der Waals surface area contributed by atoms with Gasteiger partial charge in [-0.05, 0) is 48.2 Å². The van der Waals surface area contributed by atoms with Crippen molar-refractivity contribution in [2.24, 2.45) is 0 Å². The number of benzene rings is 1. The van der Waals surface area contributed by atoms with Crippen LogP contribution in [0.5, 0.6) is 17.2 Å². The van der Waals surface area contributed by atoms with Gasteiger partial charge >= 0.3 is 0 Å². The van der Waals surface area contributed by atoms with E-state index in [1.807, 2.05) is 0 Å².